The van der Waals surface area contributed by atoms with Crippen LogP contribution in [0.15, 0.2) is 48.7 Å². The molecule has 242 valence electrons. The zero-order valence-corrected chi connectivity index (χ0v) is 24.0. The zero-order chi connectivity index (χ0) is 35.9. The summed E-state index contributed by atoms with van der Waals surface area (Å²) in [5.41, 5.74) is 1.42. The quantitative estimate of drug-likeness (QED) is 0.228. The first-order chi connectivity index (χ1) is 23.3. The SMILES string of the molecule is [2H]CC(=O)OC[C@H]1OC(n2cc(Cc3ccc(OC(F)(F)F)cc3)c3c(Cl)cccc32)[C@H](OC(=O)C[2H])[C@@H](OC(=O)C[2H])[C@@H]1OC(=O)C[2H]. The number of nitrogens with zero attached hydrogens (tertiary/aromatic N) is 1. The second-order valence-electron chi connectivity index (χ2n) is 9.68. The molecule has 1 aromatic heterocycles. The highest BCUT2D eigenvalue weighted by Crippen LogP contribution is 2.39. The molecule has 11 nitrogen and oxygen atoms in total. The number of carbonyl (C=O) groups is 4. The maximum Gasteiger partial charge on any atom is 0.573 e. The van der Waals surface area contributed by atoms with Crippen LogP contribution in [0.1, 0.15) is 50.4 Å². The Labute approximate surface area is 265 Å². The fourth-order valence-electron chi connectivity index (χ4n) is 5.01. The Balaban J connectivity index is 1.85. The van der Waals surface area contributed by atoms with Crippen LogP contribution >= 0.6 is 11.6 Å². The molecule has 0 bridgehead atoms. The Morgan fingerprint density at radius 3 is 2.13 bits per heavy atom. The van der Waals surface area contributed by atoms with Crippen LogP contribution in [0.3, 0.4) is 0 Å². The third-order valence-electron chi connectivity index (χ3n) is 6.53. The first-order valence-electron chi connectivity index (χ1n) is 15.8. The normalized spacial score (nSPS) is 22.7. The summed E-state index contributed by atoms with van der Waals surface area (Å²) >= 11 is 6.61. The molecule has 45 heavy (non-hydrogen) atoms. The molecule has 0 N–H and O–H groups in total. The molecule has 1 fully saturated rings. The minimum absolute atomic E-state index is 0.106. The number of rotatable bonds is 9. The number of aromatic nitrogens is 1. The van der Waals surface area contributed by atoms with Gasteiger partial charge in [0.2, 0.25) is 0 Å². The van der Waals surface area contributed by atoms with E-state index >= 15 is 0 Å². The second kappa shape index (κ2) is 13.8. The van der Waals surface area contributed by atoms with Crippen molar-refractivity contribution in [1.29, 1.82) is 0 Å². The van der Waals surface area contributed by atoms with E-state index in [1.165, 1.54) is 22.9 Å². The van der Waals surface area contributed by atoms with Crippen LogP contribution in [0, 0.1) is 0 Å². The summed E-state index contributed by atoms with van der Waals surface area (Å²) in [5.74, 6) is -4.78. The largest absolute Gasteiger partial charge is 0.573 e. The van der Waals surface area contributed by atoms with Crippen LogP contribution < -0.4 is 4.74 Å². The van der Waals surface area contributed by atoms with E-state index in [0.717, 1.165) is 12.1 Å². The molecule has 1 saturated heterocycles. The van der Waals surface area contributed by atoms with E-state index in [1.807, 2.05) is 0 Å². The van der Waals surface area contributed by atoms with Crippen molar-refractivity contribution in [3.8, 4) is 5.75 Å². The van der Waals surface area contributed by atoms with Crippen LogP contribution in [0.25, 0.3) is 10.9 Å². The van der Waals surface area contributed by atoms with Gasteiger partial charge >= 0.3 is 30.2 Å². The maximum absolute atomic E-state index is 12.7. The fraction of sp³-hybridized carbons (Fsp3) is 0.400. The molecule has 0 aliphatic carbocycles. The predicted molar refractivity (Wildman–Crippen MR) is 150 cm³/mol. The molecular weight excluding hydrogens is 627 g/mol. The molecule has 2 heterocycles. The lowest BCUT2D eigenvalue weighted by Gasteiger charge is -2.44. The van der Waals surface area contributed by atoms with E-state index in [4.69, 9.17) is 40.8 Å². The lowest BCUT2D eigenvalue weighted by Crippen LogP contribution is -2.60. The molecule has 0 saturated carbocycles. The monoisotopic (exact) mass is 659 g/mol. The summed E-state index contributed by atoms with van der Waals surface area (Å²) < 4.78 is 101. The summed E-state index contributed by atoms with van der Waals surface area (Å²) in [6.07, 6.45) is -11.2. The molecule has 2 aromatic carbocycles. The number of alkyl halides is 3. The van der Waals surface area contributed by atoms with Gasteiger partial charge in [-0.3, -0.25) is 19.2 Å². The predicted octanol–water partition coefficient (Wildman–Crippen LogP) is 5.04. The minimum Gasteiger partial charge on any atom is -0.463 e. The first-order valence-corrected chi connectivity index (χ1v) is 13.3. The van der Waals surface area contributed by atoms with Crippen molar-refractivity contribution in [1.82, 2.24) is 4.57 Å². The standard InChI is InChI=1S/C30H29ClF3NO10/c1-15(36)40-14-24-26(41-16(2)37)27(42-17(3)38)28(43-18(4)39)29(44-24)35-13-20(25-22(31)6-5-7-23(25)35)12-19-8-10-21(11-9-19)45-30(32,33)34/h5-11,13,24,26-29H,12,14H2,1-4H3/t24-,26-,27+,28-,29?/m1/s1/i1D,2D,3D,4D. The van der Waals surface area contributed by atoms with E-state index < -0.39 is 101 Å². The van der Waals surface area contributed by atoms with Gasteiger partial charge in [0, 0.05) is 44.7 Å². The summed E-state index contributed by atoms with van der Waals surface area (Å²) in [5, 5.41) is 0.702. The number of esters is 4. The number of hydrogen-bond acceptors (Lipinski definition) is 10. The van der Waals surface area contributed by atoms with Gasteiger partial charge in [-0.15, -0.1) is 13.2 Å². The lowest BCUT2D eigenvalue weighted by molar-refractivity contribution is -0.274. The van der Waals surface area contributed by atoms with Crippen LogP contribution in [0.4, 0.5) is 13.2 Å². The number of fused-ring (bicyclic) bond motifs is 1. The van der Waals surface area contributed by atoms with Crippen molar-refractivity contribution in [3.63, 3.8) is 0 Å². The summed E-state index contributed by atoms with van der Waals surface area (Å²) in [4.78, 5) is 49.3. The Kier molecular flexibility index (Phi) is 8.63. The van der Waals surface area contributed by atoms with Crippen LogP contribution in [-0.4, -0.2) is 65.8 Å². The molecule has 1 aliphatic heterocycles. The van der Waals surface area contributed by atoms with E-state index in [9.17, 15) is 32.3 Å². The molecule has 15 heteroatoms. The smallest absolute Gasteiger partial charge is 0.463 e. The topological polar surface area (TPSA) is 129 Å². The van der Waals surface area contributed by atoms with Crippen molar-refractivity contribution in [3.05, 3.63) is 64.8 Å². The molecule has 0 spiro atoms. The van der Waals surface area contributed by atoms with Gasteiger partial charge in [0.25, 0.3) is 0 Å². The number of benzene rings is 2. The van der Waals surface area contributed by atoms with Gasteiger partial charge in [-0.25, -0.2) is 0 Å². The van der Waals surface area contributed by atoms with Gasteiger partial charge in [-0.1, -0.05) is 29.8 Å². The number of carbonyl (C=O) groups excluding carboxylic acids is 4. The van der Waals surface area contributed by atoms with Crippen LogP contribution in [-0.2, 0) is 49.3 Å². The van der Waals surface area contributed by atoms with Crippen molar-refractivity contribution >= 4 is 46.4 Å². The molecule has 1 unspecified atom stereocenters. The second-order valence-corrected chi connectivity index (χ2v) is 10.1. The molecule has 1 aliphatic rings. The van der Waals surface area contributed by atoms with Crippen molar-refractivity contribution in [2.75, 3.05) is 6.61 Å². The van der Waals surface area contributed by atoms with E-state index in [2.05, 4.69) is 4.74 Å². The van der Waals surface area contributed by atoms with Gasteiger partial charge in [0.05, 0.1) is 10.5 Å². The van der Waals surface area contributed by atoms with Crippen LogP contribution in [0.5, 0.6) is 5.75 Å². The lowest BCUT2D eigenvalue weighted by atomic mass is 9.97. The molecular formula is C30H29ClF3NO10. The Morgan fingerprint density at radius 2 is 1.51 bits per heavy atom. The van der Waals surface area contributed by atoms with Crippen molar-refractivity contribution < 1.29 is 66.3 Å². The number of halogens is 4. The molecule has 0 amide bonds. The number of hydrogen-bond donors (Lipinski definition) is 0. The van der Waals surface area contributed by atoms with E-state index in [1.54, 1.807) is 18.2 Å². The molecule has 3 aromatic rings. The average molecular weight is 660 g/mol. The van der Waals surface area contributed by atoms with E-state index in [-0.39, 0.29) is 11.4 Å². The van der Waals surface area contributed by atoms with Gasteiger partial charge in [-0.2, -0.15) is 0 Å². The Hall–Kier alpha value is -4.30. The van der Waals surface area contributed by atoms with Gasteiger partial charge in [-0.05, 0) is 41.8 Å². The summed E-state index contributed by atoms with van der Waals surface area (Å²) in [6, 6.07) is 9.88. The summed E-state index contributed by atoms with van der Waals surface area (Å²) in [7, 11) is 0. The van der Waals surface area contributed by atoms with Gasteiger partial charge < -0.3 is 33.0 Å². The maximum atomic E-state index is 12.7. The molecule has 0 radical (unpaired) electrons. The first kappa shape index (κ1) is 28.2. The van der Waals surface area contributed by atoms with Gasteiger partial charge in [0.15, 0.2) is 24.5 Å². The van der Waals surface area contributed by atoms with E-state index in [0.29, 0.717) is 22.0 Å². The number of ether oxygens (including phenoxy) is 6. The Bertz CT molecular complexity index is 1660. The third-order valence-corrected chi connectivity index (χ3v) is 6.85. The van der Waals surface area contributed by atoms with Gasteiger partial charge in [0.1, 0.15) is 18.5 Å². The van der Waals surface area contributed by atoms with Crippen LogP contribution in [0.2, 0.25) is 5.02 Å². The molecule has 4 rings (SSSR count). The van der Waals surface area contributed by atoms with Crippen molar-refractivity contribution in [2.45, 2.75) is 71.0 Å². The highest BCUT2D eigenvalue weighted by molar-refractivity contribution is 6.35. The van der Waals surface area contributed by atoms with Crippen molar-refractivity contribution in [2.24, 2.45) is 0 Å². The average Bonchev–Trinajstić information content (AvgIpc) is 3.44. The highest BCUT2D eigenvalue weighted by atomic mass is 35.5. The Morgan fingerprint density at radius 1 is 0.889 bits per heavy atom. The highest BCUT2D eigenvalue weighted by Gasteiger charge is 2.53. The third kappa shape index (κ3) is 8.45. The minimum atomic E-state index is -4.88. The fourth-order valence-corrected chi connectivity index (χ4v) is 5.30. The molecule has 5 atom stereocenters. The zero-order valence-electron chi connectivity index (χ0n) is 27.3. The summed E-state index contributed by atoms with van der Waals surface area (Å²) in [6.45, 7) is -4.11.